The zero-order valence-electron chi connectivity index (χ0n) is 14.5. The third-order valence-corrected chi connectivity index (χ3v) is 4.00. The number of carbonyl (C=O) groups excluding carboxylic acids is 2. The van der Waals surface area contributed by atoms with Crippen LogP contribution in [0.1, 0.15) is 33.5 Å². The van der Waals surface area contributed by atoms with Crippen LogP contribution in [0.2, 0.25) is 0 Å². The molecule has 2 aromatic rings. The summed E-state index contributed by atoms with van der Waals surface area (Å²) in [5.41, 5.74) is 3.97. The van der Waals surface area contributed by atoms with E-state index in [1.807, 2.05) is 56.3 Å². The largest absolute Gasteiger partial charge is 0.352 e. The van der Waals surface area contributed by atoms with E-state index in [0.717, 1.165) is 11.1 Å². The number of rotatable bonds is 6. The highest BCUT2D eigenvalue weighted by molar-refractivity contribution is 5.94. The molecule has 0 heterocycles. The van der Waals surface area contributed by atoms with Crippen molar-refractivity contribution < 1.29 is 9.59 Å². The molecule has 2 aromatic carbocycles. The van der Waals surface area contributed by atoms with Crippen LogP contribution in [0.15, 0.2) is 48.5 Å². The summed E-state index contributed by atoms with van der Waals surface area (Å²) < 4.78 is 0. The quantitative estimate of drug-likeness (QED) is 0.888. The molecule has 0 aromatic heterocycles. The molecular weight excluding hydrogens is 300 g/mol. The van der Waals surface area contributed by atoms with Crippen LogP contribution < -0.4 is 5.32 Å². The normalized spacial score (nSPS) is 10.3. The summed E-state index contributed by atoms with van der Waals surface area (Å²) in [6.07, 6.45) is 0.292. The number of carbonyl (C=O) groups is 2. The summed E-state index contributed by atoms with van der Waals surface area (Å²) >= 11 is 0. The van der Waals surface area contributed by atoms with E-state index in [2.05, 4.69) is 5.32 Å². The lowest BCUT2D eigenvalue weighted by Crippen LogP contribution is -2.32. The lowest BCUT2D eigenvalue weighted by Gasteiger charge is -2.18. The third kappa shape index (κ3) is 4.95. The fourth-order valence-electron chi connectivity index (χ4n) is 2.49. The van der Waals surface area contributed by atoms with Crippen LogP contribution >= 0.6 is 0 Å². The minimum absolute atomic E-state index is 0.0165. The maximum absolute atomic E-state index is 12.2. The van der Waals surface area contributed by atoms with E-state index in [4.69, 9.17) is 0 Å². The molecule has 0 saturated carbocycles. The van der Waals surface area contributed by atoms with E-state index >= 15 is 0 Å². The van der Waals surface area contributed by atoms with Crippen molar-refractivity contribution in [1.29, 1.82) is 0 Å². The zero-order valence-corrected chi connectivity index (χ0v) is 14.5. The molecule has 4 nitrogen and oxygen atoms in total. The van der Waals surface area contributed by atoms with Gasteiger partial charge in [-0.15, -0.1) is 0 Å². The molecule has 2 amide bonds. The molecule has 1 N–H and O–H groups in total. The molecule has 0 aliphatic carbocycles. The first-order chi connectivity index (χ1) is 11.5. The standard InChI is InChI=1S/C20H24N2O2/c1-15-7-6-10-17(13-15)20(24)21-12-11-19(23)22(3)14-18-9-5-4-8-16(18)2/h4-10,13H,11-12,14H2,1-3H3,(H,21,24). The summed E-state index contributed by atoms with van der Waals surface area (Å²) in [5, 5.41) is 2.80. The van der Waals surface area contributed by atoms with Crippen LogP contribution in [0.4, 0.5) is 0 Å². The van der Waals surface area contributed by atoms with Gasteiger partial charge in [0, 0.05) is 32.1 Å². The SMILES string of the molecule is Cc1cccc(C(=O)NCCC(=O)N(C)Cc2ccccc2C)c1. The lowest BCUT2D eigenvalue weighted by molar-refractivity contribution is -0.130. The Labute approximate surface area is 143 Å². The Morgan fingerprint density at radius 2 is 1.79 bits per heavy atom. The highest BCUT2D eigenvalue weighted by Gasteiger charge is 2.11. The van der Waals surface area contributed by atoms with Crippen molar-refractivity contribution in [3.05, 3.63) is 70.8 Å². The minimum Gasteiger partial charge on any atom is -0.352 e. The van der Waals surface area contributed by atoms with Crippen LogP contribution in [0.5, 0.6) is 0 Å². The van der Waals surface area contributed by atoms with Gasteiger partial charge in [0.1, 0.15) is 0 Å². The molecule has 0 atom stereocenters. The Morgan fingerprint density at radius 3 is 2.50 bits per heavy atom. The van der Waals surface area contributed by atoms with Crippen LogP contribution in [0, 0.1) is 13.8 Å². The van der Waals surface area contributed by atoms with E-state index < -0.39 is 0 Å². The Balaban J connectivity index is 1.80. The Bertz CT molecular complexity index is 725. The Morgan fingerprint density at radius 1 is 1.04 bits per heavy atom. The van der Waals surface area contributed by atoms with Crippen LogP contribution in [0.3, 0.4) is 0 Å². The average molecular weight is 324 g/mol. The first-order valence-electron chi connectivity index (χ1n) is 8.10. The van der Waals surface area contributed by atoms with Gasteiger partial charge in [-0.3, -0.25) is 9.59 Å². The molecule has 0 unspecified atom stereocenters. The molecule has 2 rings (SSSR count). The predicted octanol–water partition coefficient (Wildman–Crippen LogP) is 3.08. The van der Waals surface area contributed by atoms with Crippen molar-refractivity contribution in [2.45, 2.75) is 26.8 Å². The highest BCUT2D eigenvalue weighted by Crippen LogP contribution is 2.10. The van der Waals surface area contributed by atoms with Gasteiger partial charge in [-0.2, -0.15) is 0 Å². The molecule has 0 fully saturated rings. The lowest BCUT2D eigenvalue weighted by atomic mass is 10.1. The molecule has 0 aliphatic rings. The maximum Gasteiger partial charge on any atom is 0.251 e. The van der Waals surface area contributed by atoms with Gasteiger partial charge >= 0.3 is 0 Å². The summed E-state index contributed by atoms with van der Waals surface area (Å²) in [7, 11) is 1.79. The van der Waals surface area contributed by atoms with Gasteiger partial charge in [0.25, 0.3) is 5.91 Å². The summed E-state index contributed by atoms with van der Waals surface area (Å²) in [5.74, 6) is -0.129. The number of hydrogen-bond donors (Lipinski definition) is 1. The summed E-state index contributed by atoms with van der Waals surface area (Å²) in [4.78, 5) is 25.9. The van der Waals surface area contributed by atoms with Gasteiger partial charge < -0.3 is 10.2 Å². The van der Waals surface area contributed by atoms with Crippen molar-refractivity contribution in [1.82, 2.24) is 10.2 Å². The van der Waals surface area contributed by atoms with Crippen molar-refractivity contribution >= 4 is 11.8 Å². The van der Waals surface area contributed by atoms with E-state index in [1.165, 1.54) is 5.56 Å². The fraction of sp³-hybridized carbons (Fsp3) is 0.300. The number of nitrogens with one attached hydrogen (secondary N) is 1. The van der Waals surface area contributed by atoms with Gasteiger partial charge in [0.15, 0.2) is 0 Å². The fourth-order valence-corrected chi connectivity index (χ4v) is 2.49. The molecule has 0 aliphatic heterocycles. The molecule has 126 valence electrons. The van der Waals surface area contributed by atoms with Gasteiger partial charge in [-0.1, -0.05) is 42.0 Å². The second kappa shape index (κ2) is 8.29. The van der Waals surface area contributed by atoms with Crippen LogP contribution in [-0.2, 0) is 11.3 Å². The number of nitrogens with zero attached hydrogens (tertiary/aromatic N) is 1. The monoisotopic (exact) mass is 324 g/mol. The topological polar surface area (TPSA) is 49.4 Å². The Kier molecular flexibility index (Phi) is 6.13. The Hall–Kier alpha value is -2.62. The van der Waals surface area contributed by atoms with E-state index in [9.17, 15) is 9.59 Å². The third-order valence-electron chi connectivity index (χ3n) is 4.00. The molecule has 4 heteroatoms. The van der Waals surface area contributed by atoms with Gasteiger partial charge in [0.05, 0.1) is 0 Å². The molecule has 0 radical (unpaired) electrons. The van der Waals surface area contributed by atoms with E-state index in [-0.39, 0.29) is 11.8 Å². The first-order valence-corrected chi connectivity index (χ1v) is 8.10. The molecule has 24 heavy (non-hydrogen) atoms. The number of benzene rings is 2. The smallest absolute Gasteiger partial charge is 0.251 e. The molecule has 0 saturated heterocycles. The predicted molar refractivity (Wildman–Crippen MR) is 95.8 cm³/mol. The highest BCUT2D eigenvalue weighted by atomic mass is 16.2. The van der Waals surface area contributed by atoms with Crippen molar-refractivity contribution in [3.8, 4) is 0 Å². The van der Waals surface area contributed by atoms with Crippen molar-refractivity contribution in [2.24, 2.45) is 0 Å². The van der Waals surface area contributed by atoms with Crippen LogP contribution in [-0.4, -0.2) is 30.3 Å². The number of aryl methyl sites for hydroxylation is 2. The summed E-state index contributed by atoms with van der Waals surface area (Å²) in [6, 6.07) is 15.4. The second-order valence-electron chi connectivity index (χ2n) is 6.05. The van der Waals surface area contributed by atoms with Crippen molar-refractivity contribution in [2.75, 3.05) is 13.6 Å². The zero-order chi connectivity index (χ0) is 17.5. The average Bonchev–Trinajstić information content (AvgIpc) is 2.56. The first kappa shape index (κ1) is 17.7. The van der Waals surface area contributed by atoms with Gasteiger partial charge in [0.2, 0.25) is 5.91 Å². The van der Waals surface area contributed by atoms with E-state index in [0.29, 0.717) is 25.1 Å². The molecule has 0 bridgehead atoms. The van der Waals surface area contributed by atoms with E-state index in [1.54, 1.807) is 18.0 Å². The minimum atomic E-state index is -0.145. The number of hydrogen-bond acceptors (Lipinski definition) is 2. The summed E-state index contributed by atoms with van der Waals surface area (Å²) in [6.45, 7) is 4.90. The molecule has 0 spiro atoms. The maximum atomic E-state index is 12.2. The van der Waals surface area contributed by atoms with Gasteiger partial charge in [-0.25, -0.2) is 0 Å². The molecular formula is C20H24N2O2. The van der Waals surface area contributed by atoms with Crippen LogP contribution in [0.25, 0.3) is 0 Å². The number of amides is 2. The van der Waals surface area contributed by atoms with Gasteiger partial charge in [-0.05, 0) is 37.1 Å². The van der Waals surface area contributed by atoms with Crippen molar-refractivity contribution in [3.63, 3.8) is 0 Å². The second-order valence-corrected chi connectivity index (χ2v) is 6.05.